The molecule has 0 aliphatic heterocycles. The molecule has 0 fully saturated rings. The molecule has 0 saturated heterocycles. The van der Waals surface area contributed by atoms with Crippen molar-refractivity contribution in [3.8, 4) is 0 Å². The minimum atomic E-state index is 0. The van der Waals surface area contributed by atoms with Gasteiger partial charge in [0.1, 0.15) is 0 Å². The fourth-order valence-electron chi connectivity index (χ4n) is 0.483. The minimum Gasteiger partial charge on any atom is -0.184 e. The molecular formula is C7H7K. The Bertz CT molecular complexity index is 134. The Kier molecular flexibility index (Phi) is 5.21. The Hall–Kier alpha value is 0.856. The van der Waals surface area contributed by atoms with Crippen molar-refractivity contribution in [1.29, 1.82) is 0 Å². The van der Waals surface area contributed by atoms with E-state index in [4.69, 9.17) is 0 Å². The second kappa shape index (κ2) is 4.71. The summed E-state index contributed by atoms with van der Waals surface area (Å²) in [5.41, 5.74) is 1.27. The molecule has 0 radical (unpaired) electrons. The predicted molar refractivity (Wildman–Crippen MR) is 30.0 cm³/mol. The maximum atomic E-state index is 2.96. The van der Waals surface area contributed by atoms with Gasteiger partial charge in [0.2, 0.25) is 0 Å². The first-order chi connectivity index (χ1) is 3.39. The fraction of sp³-hybridized carbons (Fsp3) is 0.143. The van der Waals surface area contributed by atoms with Gasteiger partial charge < -0.3 is 0 Å². The van der Waals surface area contributed by atoms with Crippen LogP contribution in [0.4, 0.5) is 0 Å². The van der Waals surface area contributed by atoms with Gasteiger partial charge in [0, 0.05) is 0 Å². The first-order valence-electron chi connectivity index (χ1n) is 2.32. The van der Waals surface area contributed by atoms with Crippen molar-refractivity contribution < 1.29 is 51.4 Å². The van der Waals surface area contributed by atoms with Crippen molar-refractivity contribution in [3.05, 3.63) is 35.9 Å². The molecule has 0 bridgehead atoms. The van der Waals surface area contributed by atoms with E-state index < -0.39 is 0 Å². The van der Waals surface area contributed by atoms with E-state index in [0.717, 1.165) is 0 Å². The molecule has 1 aromatic rings. The zero-order valence-corrected chi connectivity index (χ0v) is 8.43. The Morgan fingerprint density at radius 1 is 1.50 bits per heavy atom. The van der Waals surface area contributed by atoms with Gasteiger partial charge in [-0.25, -0.2) is 0 Å². The summed E-state index contributed by atoms with van der Waals surface area (Å²) in [6, 6.07) is 10.8. The van der Waals surface area contributed by atoms with E-state index in [-0.39, 0.29) is 51.4 Å². The van der Waals surface area contributed by atoms with Crippen LogP contribution in [0.1, 0.15) is 5.56 Å². The summed E-state index contributed by atoms with van der Waals surface area (Å²) in [4.78, 5) is 0. The molecule has 0 aromatic heterocycles. The van der Waals surface area contributed by atoms with Crippen LogP contribution in [0.5, 0.6) is 0 Å². The van der Waals surface area contributed by atoms with Crippen molar-refractivity contribution in [2.75, 3.05) is 0 Å². The van der Waals surface area contributed by atoms with Gasteiger partial charge in [-0.15, -0.1) is 0 Å². The van der Waals surface area contributed by atoms with E-state index in [1.165, 1.54) is 5.56 Å². The standard InChI is InChI=1S/C7H7.K/c1-7-5-3-2-4-6-7;/h2-3,5-6H,1H3;/q-1;+1. The first-order valence-corrected chi connectivity index (χ1v) is 2.32. The van der Waals surface area contributed by atoms with Gasteiger partial charge in [0.25, 0.3) is 0 Å². The number of hydrogen-bond acceptors (Lipinski definition) is 0. The van der Waals surface area contributed by atoms with Gasteiger partial charge in [-0.2, -0.15) is 35.9 Å². The van der Waals surface area contributed by atoms with E-state index in [2.05, 4.69) is 19.1 Å². The molecule has 1 heteroatoms. The summed E-state index contributed by atoms with van der Waals surface area (Å²) in [6.45, 7) is 2.05. The quantitative estimate of drug-likeness (QED) is 0.306. The van der Waals surface area contributed by atoms with Gasteiger partial charge in [0.15, 0.2) is 0 Å². The molecule has 36 valence electrons. The van der Waals surface area contributed by atoms with Crippen molar-refractivity contribution in [2.24, 2.45) is 0 Å². The Balaban J connectivity index is 0.000000490. The molecule has 0 spiro atoms. The molecule has 1 aromatic carbocycles. The number of benzene rings is 1. The van der Waals surface area contributed by atoms with Crippen LogP contribution >= 0.6 is 0 Å². The summed E-state index contributed by atoms with van der Waals surface area (Å²) in [5, 5.41) is 0. The van der Waals surface area contributed by atoms with Gasteiger partial charge in [-0.1, -0.05) is 6.92 Å². The smallest absolute Gasteiger partial charge is 0.184 e. The van der Waals surface area contributed by atoms with Gasteiger partial charge in [-0.05, 0) is 0 Å². The molecule has 0 saturated carbocycles. The molecular weight excluding hydrogens is 123 g/mol. The number of rotatable bonds is 0. The van der Waals surface area contributed by atoms with Crippen molar-refractivity contribution >= 4 is 0 Å². The van der Waals surface area contributed by atoms with Crippen LogP contribution in [0.2, 0.25) is 0 Å². The van der Waals surface area contributed by atoms with Crippen LogP contribution in [-0.4, -0.2) is 0 Å². The third-order valence-electron chi connectivity index (χ3n) is 0.863. The summed E-state index contributed by atoms with van der Waals surface area (Å²) < 4.78 is 0. The zero-order valence-electron chi connectivity index (χ0n) is 5.31. The molecule has 0 N–H and O–H groups in total. The van der Waals surface area contributed by atoms with E-state index in [1.807, 2.05) is 18.2 Å². The Morgan fingerprint density at radius 3 is 2.50 bits per heavy atom. The fourth-order valence-corrected chi connectivity index (χ4v) is 0.483. The second-order valence-electron chi connectivity index (χ2n) is 1.58. The third-order valence-corrected chi connectivity index (χ3v) is 0.863. The van der Waals surface area contributed by atoms with E-state index in [0.29, 0.717) is 0 Å². The molecule has 0 heterocycles. The monoisotopic (exact) mass is 130 g/mol. The maximum Gasteiger partial charge on any atom is 1.00 e. The largest absolute Gasteiger partial charge is 1.00 e. The summed E-state index contributed by atoms with van der Waals surface area (Å²) in [6.07, 6.45) is 0. The molecule has 8 heavy (non-hydrogen) atoms. The minimum absolute atomic E-state index is 0. The summed E-state index contributed by atoms with van der Waals surface area (Å²) in [7, 11) is 0. The SMILES string of the molecule is Cc1c[c-]ccc1.[K+]. The van der Waals surface area contributed by atoms with E-state index in [1.54, 1.807) is 0 Å². The zero-order chi connectivity index (χ0) is 5.11. The van der Waals surface area contributed by atoms with Crippen LogP contribution in [0.3, 0.4) is 0 Å². The molecule has 0 unspecified atom stereocenters. The third kappa shape index (κ3) is 3.00. The van der Waals surface area contributed by atoms with Crippen molar-refractivity contribution in [1.82, 2.24) is 0 Å². The molecule has 0 atom stereocenters. The average Bonchev–Trinajstić information content (AvgIpc) is 1.69. The molecule has 0 nitrogen and oxygen atoms in total. The van der Waals surface area contributed by atoms with Crippen LogP contribution in [0.15, 0.2) is 24.3 Å². The molecule has 1 rings (SSSR count). The van der Waals surface area contributed by atoms with E-state index >= 15 is 0 Å². The molecule has 0 aliphatic rings. The number of hydrogen-bond donors (Lipinski definition) is 0. The average molecular weight is 130 g/mol. The van der Waals surface area contributed by atoms with Crippen molar-refractivity contribution in [2.45, 2.75) is 6.92 Å². The normalized spacial score (nSPS) is 7.62. The maximum absolute atomic E-state index is 2.96. The predicted octanol–water partition coefficient (Wildman–Crippen LogP) is -1.20. The summed E-state index contributed by atoms with van der Waals surface area (Å²) in [5.74, 6) is 0. The van der Waals surface area contributed by atoms with Gasteiger partial charge in [0.05, 0.1) is 0 Å². The van der Waals surface area contributed by atoms with E-state index in [9.17, 15) is 0 Å². The van der Waals surface area contributed by atoms with Crippen LogP contribution in [-0.2, 0) is 0 Å². The topological polar surface area (TPSA) is 0 Å². The molecule has 0 amide bonds. The Morgan fingerprint density at radius 2 is 2.25 bits per heavy atom. The summed E-state index contributed by atoms with van der Waals surface area (Å²) >= 11 is 0. The van der Waals surface area contributed by atoms with Gasteiger partial charge in [-0.3, -0.25) is 0 Å². The van der Waals surface area contributed by atoms with Crippen molar-refractivity contribution in [3.63, 3.8) is 0 Å². The van der Waals surface area contributed by atoms with Crippen LogP contribution in [0, 0.1) is 13.0 Å². The number of aryl methyl sites for hydroxylation is 1. The Labute approximate surface area is 92.7 Å². The van der Waals surface area contributed by atoms with Crippen LogP contribution in [0.25, 0.3) is 0 Å². The second-order valence-corrected chi connectivity index (χ2v) is 1.58. The van der Waals surface area contributed by atoms with Gasteiger partial charge >= 0.3 is 51.4 Å². The molecule has 0 aliphatic carbocycles. The van der Waals surface area contributed by atoms with Crippen LogP contribution < -0.4 is 51.4 Å². The first kappa shape index (κ1) is 8.86.